The first-order valence-electron chi connectivity index (χ1n) is 11.5. The molecule has 0 radical (unpaired) electrons. The highest BCUT2D eigenvalue weighted by Crippen LogP contribution is 2.17. The first kappa shape index (κ1) is 23.8. The zero-order valence-electron chi connectivity index (χ0n) is 19.1. The van der Waals surface area contributed by atoms with Crippen molar-refractivity contribution in [3.8, 4) is 11.5 Å². The molecule has 2 aromatic rings. The summed E-state index contributed by atoms with van der Waals surface area (Å²) in [5.41, 5.74) is 2.43. The van der Waals surface area contributed by atoms with Crippen LogP contribution in [0.1, 0.15) is 37.3 Å². The minimum atomic E-state index is -0.161. The van der Waals surface area contributed by atoms with Gasteiger partial charge in [0.05, 0.1) is 12.6 Å². The first-order valence-corrected chi connectivity index (χ1v) is 11.5. The quantitative estimate of drug-likeness (QED) is 0.544. The number of hydrogen-bond acceptors (Lipinski definition) is 5. The van der Waals surface area contributed by atoms with Gasteiger partial charge >= 0.3 is 0 Å². The van der Waals surface area contributed by atoms with E-state index in [4.69, 9.17) is 9.47 Å². The van der Waals surface area contributed by atoms with Gasteiger partial charge in [0, 0.05) is 25.6 Å². The van der Waals surface area contributed by atoms with Gasteiger partial charge in [0.25, 0.3) is 5.91 Å². The Morgan fingerprint density at radius 3 is 2.31 bits per heavy atom. The van der Waals surface area contributed by atoms with E-state index in [-0.39, 0.29) is 24.6 Å². The predicted molar refractivity (Wildman–Crippen MR) is 125 cm³/mol. The molecule has 3 rings (SSSR count). The molecular weight excluding hydrogens is 404 g/mol. The molecule has 6 heteroatoms. The fourth-order valence-electron chi connectivity index (χ4n) is 3.88. The van der Waals surface area contributed by atoms with Crippen molar-refractivity contribution in [2.75, 3.05) is 26.3 Å². The van der Waals surface area contributed by atoms with Crippen LogP contribution < -0.4 is 14.8 Å². The van der Waals surface area contributed by atoms with Gasteiger partial charge in [-0.3, -0.25) is 9.69 Å². The molecule has 1 atom stereocenters. The van der Waals surface area contributed by atoms with Crippen molar-refractivity contribution in [2.45, 2.75) is 51.6 Å². The number of nitrogens with zero attached hydrogens (tertiary/aromatic N) is 1. The Hall–Kier alpha value is -2.86. The first-order chi connectivity index (χ1) is 15.6. The van der Waals surface area contributed by atoms with Crippen molar-refractivity contribution in [2.24, 2.45) is 0 Å². The number of benzene rings is 2. The Morgan fingerprint density at radius 1 is 1.06 bits per heavy atom. The lowest BCUT2D eigenvalue weighted by Crippen LogP contribution is -2.49. The van der Waals surface area contributed by atoms with E-state index in [9.17, 15) is 9.59 Å². The molecule has 0 bridgehead atoms. The third-order valence-corrected chi connectivity index (χ3v) is 5.93. The van der Waals surface area contributed by atoms with E-state index in [2.05, 4.69) is 17.1 Å². The van der Waals surface area contributed by atoms with Gasteiger partial charge in [0.1, 0.15) is 17.8 Å². The van der Waals surface area contributed by atoms with Crippen molar-refractivity contribution >= 4 is 12.2 Å². The number of rotatable bonds is 11. The molecule has 1 saturated heterocycles. The zero-order chi connectivity index (χ0) is 22.8. The smallest absolute Gasteiger partial charge is 0.258 e. The number of likely N-dealkylation sites (tertiary alicyclic amines) is 1. The topological polar surface area (TPSA) is 67.9 Å². The van der Waals surface area contributed by atoms with Crippen LogP contribution in [0.3, 0.4) is 0 Å². The molecule has 1 fully saturated rings. The molecule has 172 valence electrons. The van der Waals surface area contributed by atoms with Crippen molar-refractivity contribution in [3.63, 3.8) is 0 Å². The monoisotopic (exact) mass is 438 g/mol. The number of piperidine rings is 1. The summed E-state index contributed by atoms with van der Waals surface area (Å²) in [5, 5.41) is 3.05. The molecule has 6 nitrogen and oxygen atoms in total. The van der Waals surface area contributed by atoms with Crippen molar-refractivity contribution < 1.29 is 19.1 Å². The minimum Gasteiger partial charge on any atom is -0.494 e. The summed E-state index contributed by atoms with van der Waals surface area (Å²) in [4.78, 5) is 26.1. The molecule has 1 aliphatic rings. The molecule has 0 aromatic heterocycles. The van der Waals surface area contributed by atoms with Gasteiger partial charge < -0.3 is 19.6 Å². The average Bonchev–Trinajstić information content (AvgIpc) is 2.83. The van der Waals surface area contributed by atoms with E-state index in [1.807, 2.05) is 55.5 Å². The molecule has 0 saturated carbocycles. The van der Waals surface area contributed by atoms with Gasteiger partial charge in [-0.05, 0) is 56.0 Å². The van der Waals surface area contributed by atoms with Gasteiger partial charge in [0.15, 0.2) is 6.61 Å². The summed E-state index contributed by atoms with van der Waals surface area (Å²) in [6, 6.07) is 15.7. The van der Waals surface area contributed by atoms with E-state index in [1.165, 1.54) is 11.1 Å². The van der Waals surface area contributed by atoms with Crippen LogP contribution in [0.5, 0.6) is 11.5 Å². The summed E-state index contributed by atoms with van der Waals surface area (Å²) in [6.07, 6.45) is 4.28. The number of aryl methyl sites for hydroxylation is 2. The van der Waals surface area contributed by atoms with Crippen molar-refractivity contribution in [1.82, 2.24) is 10.2 Å². The van der Waals surface area contributed by atoms with E-state index in [0.717, 1.165) is 44.4 Å². The van der Waals surface area contributed by atoms with Gasteiger partial charge in [-0.15, -0.1) is 0 Å². The Morgan fingerprint density at radius 2 is 1.69 bits per heavy atom. The molecule has 32 heavy (non-hydrogen) atoms. The minimum absolute atomic E-state index is 0.0129. The number of nitrogens with one attached hydrogen (secondary N) is 1. The van der Waals surface area contributed by atoms with Crippen LogP contribution >= 0.6 is 0 Å². The number of amides is 1. The summed E-state index contributed by atoms with van der Waals surface area (Å²) in [5.74, 6) is 1.42. The fourth-order valence-corrected chi connectivity index (χ4v) is 3.88. The van der Waals surface area contributed by atoms with Gasteiger partial charge in [-0.25, -0.2) is 0 Å². The highest BCUT2D eigenvalue weighted by atomic mass is 16.5. The maximum atomic E-state index is 12.3. The highest BCUT2D eigenvalue weighted by molar-refractivity contribution is 5.77. The third kappa shape index (κ3) is 7.38. The SMILES string of the molecule is CCc1ccc(OCC(=O)NC2CCN(C(C=O)CCOc3ccc(C)cc3)CC2)cc1. The molecule has 1 heterocycles. The molecule has 2 aromatic carbocycles. The fraction of sp³-hybridized carbons (Fsp3) is 0.462. The number of hydrogen-bond donors (Lipinski definition) is 1. The van der Waals surface area contributed by atoms with Gasteiger partial charge in [0.2, 0.25) is 0 Å². The summed E-state index contributed by atoms with van der Waals surface area (Å²) < 4.78 is 11.4. The number of carbonyl (C=O) groups is 2. The summed E-state index contributed by atoms with van der Waals surface area (Å²) >= 11 is 0. The number of ether oxygens (including phenoxy) is 2. The third-order valence-electron chi connectivity index (χ3n) is 5.93. The Labute approximate surface area is 190 Å². The molecule has 1 aliphatic heterocycles. The molecule has 1 unspecified atom stereocenters. The van der Waals surface area contributed by atoms with Gasteiger partial charge in [-0.2, -0.15) is 0 Å². The largest absolute Gasteiger partial charge is 0.494 e. The average molecular weight is 439 g/mol. The Bertz CT molecular complexity index is 843. The van der Waals surface area contributed by atoms with E-state index < -0.39 is 0 Å². The second kappa shape index (κ2) is 12.2. The summed E-state index contributed by atoms with van der Waals surface area (Å²) in [7, 11) is 0. The Kier molecular flexibility index (Phi) is 9.11. The van der Waals surface area contributed by atoms with Crippen LogP contribution in [0, 0.1) is 6.92 Å². The summed E-state index contributed by atoms with van der Waals surface area (Å²) in [6.45, 7) is 6.21. The van der Waals surface area contributed by atoms with Crippen LogP contribution in [0.4, 0.5) is 0 Å². The molecule has 1 amide bonds. The lowest BCUT2D eigenvalue weighted by atomic mass is 10.0. The van der Waals surface area contributed by atoms with Crippen LogP contribution in [0.2, 0.25) is 0 Å². The van der Waals surface area contributed by atoms with E-state index >= 15 is 0 Å². The maximum Gasteiger partial charge on any atom is 0.258 e. The molecule has 0 spiro atoms. The predicted octanol–water partition coefficient (Wildman–Crippen LogP) is 3.55. The van der Waals surface area contributed by atoms with Crippen molar-refractivity contribution in [3.05, 3.63) is 59.7 Å². The Balaban J connectivity index is 1.34. The van der Waals surface area contributed by atoms with Crippen LogP contribution in [0.15, 0.2) is 48.5 Å². The standard InChI is InChI=1S/C26H34N2O4/c1-3-21-6-10-25(11-7-21)32-19-26(30)27-22-12-15-28(16-13-22)23(18-29)14-17-31-24-8-4-20(2)5-9-24/h4-11,18,22-23H,3,12-17,19H2,1-2H3,(H,27,30). The van der Waals surface area contributed by atoms with Crippen LogP contribution in [-0.4, -0.2) is 55.5 Å². The molecule has 0 aliphatic carbocycles. The van der Waals surface area contributed by atoms with Crippen LogP contribution in [0.25, 0.3) is 0 Å². The van der Waals surface area contributed by atoms with E-state index in [0.29, 0.717) is 18.8 Å². The molecule has 1 N–H and O–H groups in total. The maximum absolute atomic E-state index is 12.3. The zero-order valence-corrected chi connectivity index (χ0v) is 19.1. The van der Waals surface area contributed by atoms with Crippen molar-refractivity contribution in [1.29, 1.82) is 0 Å². The lowest BCUT2D eigenvalue weighted by Gasteiger charge is -2.35. The number of aldehydes is 1. The van der Waals surface area contributed by atoms with E-state index in [1.54, 1.807) is 0 Å². The highest BCUT2D eigenvalue weighted by Gasteiger charge is 2.25. The van der Waals surface area contributed by atoms with Crippen LogP contribution in [-0.2, 0) is 16.0 Å². The second-order valence-electron chi connectivity index (χ2n) is 8.32. The van der Waals surface area contributed by atoms with Gasteiger partial charge in [-0.1, -0.05) is 36.8 Å². The lowest BCUT2D eigenvalue weighted by molar-refractivity contribution is -0.124. The molecular formula is C26H34N2O4. The number of carbonyl (C=O) groups excluding carboxylic acids is 2. The normalized spacial score (nSPS) is 15.7. The second-order valence-corrected chi connectivity index (χ2v) is 8.32.